The molecular formula is C20H20BrN3O3. The second-order valence-corrected chi connectivity index (χ2v) is 7.60. The lowest BCUT2D eigenvalue weighted by Crippen LogP contribution is -2.44. The van der Waals surface area contributed by atoms with Gasteiger partial charge in [0.25, 0.3) is 5.56 Å². The summed E-state index contributed by atoms with van der Waals surface area (Å²) in [5.41, 5.74) is 7.66. The third-order valence-corrected chi connectivity index (χ3v) is 4.56. The molecule has 0 aliphatic carbocycles. The van der Waals surface area contributed by atoms with Gasteiger partial charge in [0.05, 0.1) is 28.9 Å². The van der Waals surface area contributed by atoms with Crippen LogP contribution in [0.1, 0.15) is 31.1 Å². The quantitative estimate of drug-likeness (QED) is 0.639. The van der Waals surface area contributed by atoms with Gasteiger partial charge in [-0.2, -0.15) is 0 Å². The van der Waals surface area contributed by atoms with Gasteiger partial charge in [-0.05, 0) is 51.1 Å². The van der Waals surface area contributed by atoms with Crippen LogP contribution < -0.4 is 11.3 Å². The van der Waals surface area contributed by atoms with Gasteiger partial charge < -0.3 is 10.5 Å². The highest BCUT2D eigenvalue weighted by Gasteiger charge is 2.22. The topological polar surface area (TPSA) is 87.2 Å². The number of nitrogens with two attached hydrogens (primary N) is 1. The van der Waals surface area contributed by atoms with Crippen LogP contribution in [0.4, 0.5) is 0 Å². The van der Waals surface area contributed by atoms with E-state index in [9.17, 15) is 9.59 Å². The number of carbonyl (C=O) groups is 1. The summed E-state index contributed by atoms with van der Waals surface area (Å²) in [6.07, 6.45) is 0. The van der Waals surface area contributed by atoms with E-state index in [-0.39, 0.29) is 11.3 Å². The van der Waals surface area contributed by atoms with Crippen molar-refractivity contribution < 1.29 is 9.53 Å². The van der Waals surface area contributed by atoms with Crippen molar-refractivity contribution in [2.45, 2.75) is 26.4 Å². The van der Waals surface area contributed by atoms with Crippen LogP contribution in [0.2, 0.25) is 0 Å². The lowest BCUT2D eigenvalue weighted by atomic mass is 10.1. The number of nitrogens with zero attached hydrogens (tertiary/aromatic N) is 2. The Kier molecular flexibility index (Phi) is 5.17. The van der Waals surface area contributed by atoms with Crippen molar-refractivity contribution in [2.24, 2.45) is 5.73 Å². The van der Waals surface area contributed by atoms with Gasteiger partial charge in [-0.25, -0.2) is 9.78 Å². The summed E-state index contributed by atoms with van der Waals surface area (Å²) in [7, 11) is 0. The molecule has 0 fully saturated rings. The van der Waals surface area contributed by atoms with Crippen molar-refractivity contribution in [3.8, 4) is 11.3 Å². The summed E-state index contributed by atoms with van der Waals surface area (Å²) in [6, 6.07) is 12.1. The Balaban J connectivity index is 2.21. The lowest BCUT2D eigenvalue weighted by molar-refractivity contribution is 0.0526. The van der Waals surface area contributed by atoms with Crippen LogP contribution in [0.3, 0.4) is 0 Å². The Morgan fingerprint density at radius 3 is 2.48 bits per heavy atom. The highest BCUT2D eigenvalue weighted by atomic mass is 79.9. The van der Waals surface area contributed by atoms with E-state index in [0.29, 0.717) is 28.8 Å². The first-order chi connectivity index (χ1) is 12.7. The van der Waals surface area contributed by atoms with E-state index in [1.165, 1.54) is 4.57 Å². The third kappa shape index (κ3) is 3.79. The molecule has 27 heavy (non-hydrogen) atoms. The minimum Gasteiger partial charge on any atom is -0.462 e. The first-order valence-corrected chi connectivity index (χ1v) is 9.31. The third-order valence-electron chi connectivity index (χ3n) is 4.06. The van der Waals surface area contributed by atoms with Crippen LogP contribution in [-0.2, 0) is 10.4 Å². The number of esters is 1. The zero-order chi connectivity index (χ0) is 19.8. The summed E-state index contributed by atoms with van der Waals surface area (Å²) < 4.78 is 7.38. The number of aromatic nitrogens is 2. The minimum absolute atomic E-state index is 0.273. The van der Waals surface area contributed by atoms with Crippen LogP contribution >= 0.6 is 15.9 Å². The van der Waals surface area contributed by atoms with Crippen molar-refractivity contribution in [2.75, 3.05) is 6.61 Å². The van der Waals surface area contributed by atoms with E-state index in [4.69, 9.17) is 10.5 Å². The number of rotatable bonds is 4. The molecule has 0 saturated heterocycles. The maximum atomic E-state index is 13.2. The highest BCUT2D eigenvalue weighted by molar-refractivity contribution is 9.10. The molecule has 0 radical (unpaired) electrons. The normalized spacial score (nSPS) is 11.6. The van der Waals surface area contributed by atoms with Gasteiger partial charge >= 0.3 is 5.97 Å². The van der Waals surface area contributed by atoms with Crippen molar-refractivity contribution in [3.63, 3.8) is 0 Å². The first-order valence-electron chi connectivity index (χ1n) is 8.51. The van der Waals surface area contributed by atoms with Crippen LogP contribution in [-0.4, -0.2) is 22.1 Å². The van der Waals surface area contributed by atoms with Gasteiger partial charge in [0.15, 0.2) is 0 Å². The van der Waals surface area contributed by atoms with Gasteiger partial charge in [-0.1, -0.05) is 28.1 Å². The van der Waals surface area contributed by atoms with Gasteiger partial charge in [0, 0.05) is 10.0 Å². The standard InChI is InChI=1S/C20H20BrN3O3/c1-4-27-19(26)13-7-5-12(6-8-13)17-18(25)24(20(2,3)22)16-10-9-14(21)11-15(16)23-17/h5-11H,4,22H2,1-3H3. The molecule has 1 aromatic heterocycles. The molecule has 2 aromatic carbocycles. The molecule has 0 amide bonds. The predicted molar refractivity (Wildman–Crippen MR) is 109 cm³/mol. The van der Waals surface area contributed by atoms with E-state index in [2.05, 4.69) is 20.9 Å². The maximum absolute atomic E-state index is 13.2. The monoisotopic (exact) mass is 429 g/mol. The van der Waals surface area contributed by atoms with E-state index in [1.807, 2.05) is 18.2 Å². The van der Waals surface area contributed by atoms with E-state index in [0.717, 1.165) is 4.47 Å². The minimum atomic E-state index is -0.911. The second-order valence-electron chi connectivity index (χ2n) is 6.69. The summed E-state index contributed by atoms with van der Waals surface area (Å²) in [5.74, 6) is -0.403. The molecule has 0 atom stereocenters. The smallest absolute Gasteiger partial charge is 0.338 e. The van der Waals surface area contributed by atoms with E-state index < -0.39 is 11.6 Å². The Morgan fingerprint density at radius 1 is 1.22 bits per heavy atom. The molecule has 0 saturated carbocycles. The number of halogens is 1. The molecule has 140 valence electrons. The van der Waals surface area contributed by atoms with E-state index in [1.54, 1.807) is 45.0 Å². The van der Waals surface area contributed by atoms with Gasteiger partial charge in [-0.15, -0.1) is 0 Å². The van der Waals surface area contributed by atoms with Crippen molar-refractivity contribution >= 4 is 32.9 Å². The molecule has 0 spiro atoms. The Bertz CT molecular complexity index is 1070. The summed E-state index contributed by atoms with van der Waals surface area (Å²) in [5, 5.41) is 0. The number of benzene rings is 2. The molecular weight excluding hydrogens is 410 g/mol. The summed E-state index contributed by atoms with van der Waals surface area (Å²) >= 11 is 3.44. The Labute approximate surface area is 165 Å². The summed E-state index contributed by atoms with van der Waals surface area (Å²) in [6.45, 7) is 5.59. The molecule has 0 unspecified atom stereocenters. The van der Waals surface area contributed by atoms with Crippen molar-refractivity contribution in [3.05, 3.63) is 62.9 Å². The first kappa shape index (κ1) is 19.3. The van der Waals surface area contributed by atoms with Crippen molar-refractivity contribution in [1.82, 2.24) is 9.55 Å². The van der Waals surface area contributed by atoms with Crippen molar-refractivity contribution in [1.29, 1.82) is 0 Å². The average Bonchev–Trinajstić information content (AvgIpc) is 2.60. The SMILES string of the molecule is CCOC(=O)c1ccc(-c2nc3cc(Br)ccc3n(C(C)(C)N)c2=O)cc1. The van der Waals surface area contributed by atoms with E-state index >= 15 is 0 Å². The molecule has 0 aliphatic rings. The molecule has 1 heterocycles. The molecule has 3 aromatic rings. The molecule has 0 aliphatic heterocycles. The number of hydrogen-bond acceptors (Lipinski definition) is 5. The fourth-order valence-corrected chi connectivity index (χ4v) is 3.25. The summed E-state index contributed by atoms with van der Waals surface area (Å²) in [4.78, 5) is 29.5. The number of ether oxygens (including phenoxy) is 1. The second kappa shape index (κ2) is 7.25. The lowest BCUT2D eigenvalue weighted by Gasteiger charge is -2.25. The zero-order valence-corrected chi connectivity index (χ0v) is 16.9. The van der Waals surface area contributed by atoms with Crippen LogP contribution in [0.15, 0.2) is 51.7 Å². The maximum Gasteiger partial charge on any atom is 0.338 e. The zero-order valence-electron chi connectivity index (χ0n) is 15.3. The highest BCUT2D eigenvalue weighted by Crippen LogP contribution is 2.24. The van der Waals surface area contributed by atoms with Gasteiger partial charge in [0.1, 0.15) is 5.69 Å². The molecule has 7 heteroatoms. The van der Waals surface area contributed by atoms with Crippen LogP contribution in [0.25, 0.3) is 22.3 Å². The fourth-order valence-electron chi connectivity index (χ4n) is 2.90. The van der Waals surface area contributed by atoms with Crippen LogP contribution in [0.5, 0.6) is 0 Å². The molecule has 0 bridgehead atoms. The van der Waals surface area contributed by atoms with Crippen LogP contribution in [0, 0.1) is 0 Å². The predicted octanol–water partition coefficient (Wildman–Crippen LogP) is 3.65. The molecule has 3 rings (SSSR count). The molecule has 2 N–H and O–H groups in total. The largest absolute Gasteiger partial charge is 0.462 e. The number of fused-ring (bicyclic) bond motifs is 1. The fraction of sp³-hybridized carbons (Fsp3) is 0.250. The van der Waals surface area contributed by atoms with Gasteiger partial charge in [0.2, 0.25) is 0 Å². The number of carbonyl (C=O) groups excluding carboxylic acids is 1. The Hall–Kier alpha value is -2.51. The van der Waals surface area contributed by atoms with Gasteiger partial charge in [-0.3, -0.25) is 9.36 Å². The number of hydrogen-bond donors (Lipinski definition) is 1. The Morgan fingerprint density at radius 2 is 1.89 bits per heavy atom. The molecule has 6 nitrogen and oxygen atoms in total. The average molecular weight is 430 g/mol.